The minimum Gasteiger partial charge on any atom is -0.399 e. The maximum Gasteiger partial charge on any atom is 0.255 e. The molecule has 0 aliphatic heterocycles. The Bertz CT molecular complexity index is 421. The quantitative estimate of drug-likeness (QED) is 0.619. The van der Waals surface area contributed by atoms with E-state index in [1.165, 1.54) is 11.0 Å². The number of aliphatic hydroxyl groups is 1. The van der Waals surface area contributed by atoms with Crippen molar-refractivity contribution in [2.75, 3.05) is 25.4 Å². The Hall–Kier alpha value is -1.52. The molecule has 0 radical (unpaired) electrons. The minimum absolute atomic E-state index is 0.112. The first-order valence-corrected chi connectivity index (χ1v) is 5.54. The lowest BCUT2D eigenvalue weighted by atomic mass is 10.1. The molecule has 1 rings (SSSR count). The molecule has 0 fully saturated rings. The Morgan fingerprint density at radius 1 is 1.59 bits per heavy atom. The Morgan fingerprint density at radius 2 is 2.29 bits per heavy atom. The van der Waals surface area contributed by atoms with Crippen molar-refractivity contribution in [1.29, 1.82) is 0 Å². The van der Waals surface area contributed by atoms with Crippen LogP contribution in [-0.2, 0) is 0 Å². The summed E-state index contributed by atoms with van der Waals surface area (Å²) in [5, 5.41) is 9.24. The van der Waals surface area contributed by atoms with Crippen LogP contribution in [0.3, 0.4) is 0 Å². The molecule has 0 saturated heterocycles. The van der Waals surface area contributed by atoms with Crippen LogP contribution in [-0.4, -0.2) is 35.6 Å². The van der Waals surface area contributed by atoms with Crippen LogP contribution in [0, 0.1) is 0 Å². The van der Waals surface area contributed by atoms with Gasteiger partial charge in [0.15, 0.2) is 0 Å². The monoisotopic (exact) mass is 254 g/mol. The summed E-state index contributed by atoms with van der Waals surface area (Å²) < 4.78 is 0. The molecule has 0 atom stereocenters. The number of nitrogens with two attached hydrogens (primary N) is 1. The van der Waals surface area contributed by atoms with Crippen molar-refractivity contribution in [2.24, 2.45) is 0 Å². The predicted molar refractivity (Wildman–Crippen MR) is 69.1 cm³/mol. The number of anilines is 1. The van der Waals surface area contributed by atoms with E-state index >= 15 is 0 Å². The van der Waals surface area contributed by atoms with Crippen LogP contribution in [0.1, 0.15) is 10.4 Å². The van der Waals surface area contributed by atoms with Gasteiger partial charge in [0.1, 0.15) is 0 Å². The summed E-state index contributed by atoms with van der Waals surface area (Å²) in [6.07, 6.45) is 1.59. The fraction of sp³-hybridized carbons (Fsp3) is 0.250. The highest BCUT2D eigenvalue weighted by atomic mass is 35.5. The lowest BCUT2D eigenvalue weighted by Crippen LogP contribution is -2.33. The van der Waals surface area contributed by atoms with E-state index in [2.05, 4.69) is 6.58 Å². The predicted octanol–water partition coefficient (Wildman–Crippen LogP) is 1.54. The van der Waals surface area contributed by atoms with Gasteiger partial charge in [-0.15, -0.1) is 6.58 Å². The average molecular weight is 255 g/mol. The maximum absolute atomic E-state index is 12.1. The second kappa shape index (κ2) is 6.27. The summed E-state index contributed by atoms with van der Waals surface area (Å²) in [5.74, 6) is -0.267. The van der Waals surface area contributed by atoms with E-state index in [0.29, 0.717) is 22.8 Å². The topological polar surface area (TPSA) is 66.6 Å². The normalized spacial score (nSPS) is 10.0. The van der Waals surface area contributed by atoms with Crippen LogP contribution in [0.2, 0.25) is 5.02 Å². The number of hydrogen-bond acceptors (Lipinski definition) is 3. The molecule has 17 heavy (non-hydrogen) atoms. The third-order valence-corrected chi connectivity index (χ3v) is 2.56. The largest absolute Gasteiger partial charge is 0.399 e. The van der Waals surface area contributed by atoms with E-state index in [4.69, 9.17) is 22.4 Å². The molecule has 92 valence electrons. The number of amides is 1. The summed E-state index contributed by atoms with van der Waals surface area (Å²) in [6, 6.07) is 4.73. The smallest absolute Gasteiger partial charge is 0.255 e. The highest BCUT2D eigenvalue weighted by molar-refractivity contribution is 6.34. The van der Waals surface area contributed by atoms with Crippen LogP contribution in [0.5, 0.6) is 0 Å². The molecule has 0 spiro atoms. The highest BCUT2D eigenvalue weighted by Gasteiger charge is 2.17. The first kappa shape index (κ1) is 13.5. The van der Waals surface area contributed by atoms with Crippen molar-refractivity contribution in [3.05, 3.63) is 41.4 Å². The standard InChI is InChI=1S/C12H15ClN2O2/c1-2-5-15(6-7-16)12(17)10-8-9(14)3-4-11(10)13/h2-4,8,16H,1,5-7,14H2. The molecule has 0 unspecified atom stereocenters. The molecule has 1 amide bonds. The minimum atomic E-state index is -0.267. The van der Waals surface area contributed by atoms with Gasteiger partial charge in [0.25, 0.3) is 5.91 Å². The van der Waals surface area contributed by atoms with Crippen LogP contribution in [0.15, 0.2) is 30.9 Å². The lowest BCUT2D eigenvalue weighted by molar-refractivity contribution is 0.0743. The van der Waals surface area contributed by atoms with Crippen molar-refractivity contribution < 1.29 is 9.90 Å². The number of hydrogen-bond donors (Lipinski definition) is 2. The van der Waals surface area contributed by atoms with Crippen LogP contribution < -0.4 is 5.73 Å². The first-order valence-electron chi connectivity index (χ1n) is 5.16. The molecule has 4 nitrogen and oxygen atoms in total. The van der Waals surface area contributed by atoms with Crippen LogP contribution >= 0.6 is 11.6 Å². The molecular weight excluding hydrogens is 240 g/mol. The van der Waals surface area contributed by atoms with Gasteiger partial charge in [0.2, 0.25) is 0 Å². The van der Waals surface area contributed by atoms with E-state index in [1.807, 2.05) is 0 Å². The second-order valence-corrected chi connectivity index (χ2v) is 3.91. The second-order valence-electron chi connectivity index (χ2n) is 3.50. The van der Waals surface area contributed by atoms with Gasteiger partial charge in [-0.25, -0.2) is 0 Å². The van der Waals surface area contributed by atoms with Crippen molar-refractivity contribution in [3.63, 3.8) is 0 Å². The fourth-order valence-electron chi connectivity index (χ4n) is 1.43. The van der Waals surface area contributed by atoms with Gasteiger partial charge in [-0.1, -0.05) is 17.7 Å². The number of nitrogens with zero attached hydrogens (tertiary/aromatic N) is 1. The number of carbonyl (C=O) groups is 1. The number of halogens is 1. The Kier molecular flexibility index (Phi) is 5.00. The van der Waals surface area contributed by atoms with E-state index in [0.717, 1.165) is 0 Å². The zero-order chi connectivity index (χ0) is 12.8. The summed E-state index contributed by atoms with van der Waals surface area (Å²) in [6.45, 7) is 4.04. The first-order chi connectivity index (χ1) is 8.10. The van der Waals surface area contributed by atoms with Gasteiger partial charge in [0, 0.05) is 18.8 Å². The summed E-state index contributed by atoms with van der Waals surface area (Å²) in [4.78, 5) is 13.6. The number of nitrogen functional groups attached to an aromatic ring is 1. The molecular formula is C12H15ClN2O2. The van der Waals surface area contributed by atoms with Gasteiger partial charge >= 0.3 is 0 Å². The highest BCUT2D eigenvalue weighted by Crippen LogP contribution is 2.20. The summed E-state index contributed by atoms with van der Waals surface area (Å²) >= 11 is 5.94. The Balaban J connectivity index is 2.99. The van der Waals surface area contributed by atoms with E-state index in [-0.39, 0.29) is 19.1 Å². The molecule has 1 aromatic rings. The number of benzene rings is 1. The molecule has 0 aliphatic carbocycles. The van der Waals surface area contributed by atoms with E-state index in [9.17, 15) is 4.79 Å². The molecule has 0 saturated carbocycles. The summed E-state index contributed by atoms with van der Waals surface area (Å²) in [7, 11) is 0. The van der Waals surface area contributed by atoms with Gasteiger partial charge in [-0.2, -0.15) is 0 Å². The molecule has 0 aliphatic rings. The third-order valence-electron chi connectivity index (χ3n) is 2.23. The summed E-state index contributed by atoms with van der Waals surface area (Å²) in [5.41, 5.74) is 6.42. The molecule has 5 heteroatoms. The Morgan fingerprint density at radius 3 is 2.88 bits per heavy atom. The maximum atomic E-state index is 12.1. The van der Waals surface area contributed by atoms with Gasteiger partial charge in [-0.3, -0.25) is 4.79 Å². The van der Waals surface area contributed by atoms with Crippen LogP contribution in [0.25, 0.3) is 0 Å². The van der Waals surface area contributed by atoms with E-state index < -0.39 is 0 Å². The molecule has 1 aromatic carbocycles. The third kappa shape index (κ3) is 3.47. The zero-order valence-corrected chi connectivity index (χ0v) is 10.2. The number of carbonyl (C=O) groups excluding carboxylic acids is 1. The molecule has 0 heterocycles. The average Bonchev–Trinajstić information content (AvgIpc) is 2.31. The van der Waals surface area contributed by atoms with Crippen molar-refractivity contribution in [1.82, 2.24) is 4.90 Å². The SMILES string of the molecule is C=CCN(CCO)C(=O)c1cc(N)ccc1Cl. The molecule has 3 N–H and O–H groups in total. The zero-order valence-electron chi connectivity index (χ0n) is 9.40. The van der Waals surface area contributed by atoms with E-state index in [1.54, 1.807) is 18.2 Å². The lowest BCUT2D eigenvalue weighted by Gasteiger charge is -2.20. The van der Waals surface area contributed by atoms with Crippen molar-refractivity contribution in [3.8, 4) is 0 Å². The van der Waals surface area contributed by atoms with Crippen LogP contribution in [0.4, 0.5) is 5.69 Å². The van der Waals surface area contributed by atoms with Gasteiger partial charge < -0.3 is 15.7 Å². The number of aliphatic hydroxyl groups excluding tert-OH is 1. The molecule has 0 bridgehead atoms. The Labute approximate surface area is 105 Å². The number of rotatable bonds is 5. The fourth-order valence-corrected chi connectivity index (χ4v) is 1.63. The van der Waals surface area contributed by atoms with Gasteiger partial charge in [-0.05, 0) is 18.2 Å². The van der Waals surface area contributed by atoms with Crippen molar-refractivity contribution >= 4 is 23.2 Å². The van der Waals surface area contributed by atoms with Crippen molar-refractivity contribution in [2.45, 2.75) is 0 Å². The van der Waals surface area contributed by atoms with Gasteiger partial charge in [0.05, 0.1) is 17.2 Å². The molecule has 0 aromatic heterocycles.